The highest BCUT2D eigenvalue weighted by atomic mass is 32.2. The van der Waals surface area contributed by atoms with Gasteiger partial charge in [-0.05, 0) is 30.7 Å². The summed E-state index contributed by atoms with van der Waals surface area (Å²) in [5, 5.41) is 3.32. The van der Waals surface area contributed by atoms with Crippen LogP contribution >= 0.6 is 0 Å². The predicted molar refractivity (Wildman–Crippen MR) is 90.8 cm³/mol. The molecule has 6 nitrogen and oxygen atoms in total. The summed E-state index contributed by atoms with van der Waals surface area (Å²) in [6, 6.07) is 5.92. The fourth-order valence-corrected chi connectivity index (χ4v) is 4.29. The monoisotopic (exact) mass is 337 g/mol. The maximum Gasteiger partial charge on any atom is 0.253 e. The quantitative estimate of drug-likeness (QED) is 0.839. The summed E-state index contributed by atoms with van der Waals surface area (Å²) in [5.74, 6) is 0.0599. The van der Waals surface area contributed by atoms with Crippen LogP contribution in [-0.4, -0.2) is 70.0 Å². The van der Waals surface area contributed by atoms with Gasteiger partial charge in [-0.25, -0.2) is 8.42 Å². The molecule has 1 aromatic rings. The molecule has 0 bridgehead atoms. The Morgan fingerprint density at radius 1 is 1.04 bits per heavy atom. The van der Waals surface area contributed by atoms with Gasteiger partial charge in [0.25, 0.3) is 5.91 Å². The molecular formula is C16H23N3O3S. The predicted octanol–water partition coefficient (Wildman–Crippen LogP) is 0.275. The third-order valence-electron chi connectivity index (χ3n) is 4.42. The molecule has 0 atom stereocenters. The number of sulfone groups is 1. The summed E-state index contributed by atoms with van der Waals surface area (Å²) in [7, 11) is -2.97. The lowest BCUT2D eigenvalue weighted by Gasteiger charge is -2.31. The topological polar surface area (TPSA) is 69.7 Å². The van der Waals surface area contributed by atoms with E-state index in [9.17, 15) is 13.2 Å². The molecule has 2 saturated heterocycles. The largest absolute Gasteiger partial charge is 0.369 e. The van der Waals surface area contributed by atoms with Crippen LogP contribution < -0.4 is 10.2 Å². The van der Waals surface area contributed by atoms with Crippen molar-refractivity contribution in [1.29, 1.82) is 0 Å². The number of amides is 1. The minimum atomic E-state index is -2.97. The third kappa shape index (κ3) is 3.84. The maximum atomic E-state index is 12.7. The molecule has 0 aliphatic carbocycles. The van der Waals surface area contributed by atoms with E-state index in [1.165, 1.54) is 0 Å². The average Bonchev–Trinajstić information content (AvgIpc) is 2.54. The second-order valence-corrected chi connectivity index (χ2v) is 8.54. The van der Waals surface area contributed by atoms with E-state index in [0.717, 1.165) is 37.4 Å². The Bertz CT molecular complexity index is 683. The highest BCUT2D eigenvalue weighted by Crippen LogP contribution is 2.21. The van der Waals surface area contributed by atoms with Gasteiger partial charge in [-0.3, -0.25) is 4.79 Å². The molecular weight excluding hydrogens is 314 g/mol. The first-order valence-corrected chi connectivity index (χ1v) is 9.84. The molecule has 0 spiro atoms. The van der Waals surface area contributed by atoms with Crippen molar-refractivity contribution < 1.29 is 13.2 Å². The molecule has 0 radical (unpaired) electrons. The molecule has 0 unspecified atom stereocenters. The molecule has 2 aliphatic heterocycles. The highest BCUT2D eigenvalue weighted by Gasteiger charge is 2.26. The molecule has 1 aromatic carbocycles. The van der Waals surface area contributed by atoms with Crippen LogP contribution in [0.25, 0.3) is 0 Å². The molecule has 0 aromatic heterocycles. The zero-order chi connectivity index (χ0) is 16.4. The van der Waals surface area contributed by atoms with Crippen molar-refractivity contribution in [2.45, 2.75) is 6.92 Å². The van der Waals surface area contributed by atoms with Gasteiger partial charge >= 0.3 is 0 Å². The van der Waals surface area contributed by atoms with Crippen molar-refractivity contribution in [2.75, 3.05) is 55.7 Å². The van der Waals surface area contributed by atoms with Gasteiger partial charge in [-0.2, -0.15) is 0 Å². The molecule has 3 rings (SSSR count). The molecule has 1 N–H and O–H groups in total. The van der Waals surface area contributed by atoms with Gasteiger partial charge in [-0.15, -0.1) is 0 Å². The van der Waals surface area contributed by atoms with E-state index < -0.39 is 9.84 Å². The van der Waals surface area contributed by atoms with Crippen molar-refractivity contribution in [2.24, 2.45) is 0 Å². The molecule has 2 aliphatic rings. The first-order valence-electron chi connectivity index (χ1n) is 8.02. The Morgan fingerprint density at radius 3 is 2.35 bits per heavy atom. The van der Waals surface area contributed by atoms with Crippen molar-refractivity contribution in [3.8, 4) is 0 Å². The highest BCUT2D eigenvalue weighted by molar-refractivity contribution is 7.91. The summed E-state index contributed by atoms with van der Waals surface area (Å²) in [6.07, 6.45) is 0. The van der Waals surface area contributed by atoms with E-state index in [2.05, 4.69) is 16.3 Å². The van der Waals surface area contributed by atoms with Crippen LogP contribution in [0.1, 0.15) is 15.9 Å². The number of benzene rings is 1. The number of hydrogen-bond donors (Lipinski definition) is 1. The standard InChI is InChI=1S/C16H23N3O3S/c1-13-10-14(12-15(11-13)18-4-2-17-3-5-18)16(20)19-6-8-23(21,22)9-7-19/h10-12,17H,2-9H2,1H3. The number of hydrogen-bond acceptors (Lipinski definition) is 5. The minimum Gasteiger partial charge on any atom is -0.369 e. The van der Waals surface area contributed by atoms with Crippen molar-refractivity contribution >= 4 is 21.4 Å². The second kappa shape index (κ2) is 6.49. The second-order valence-electron chi connectivity index (χ2n) is 6.24. The van der Waals surface area contributed by atoms with E-state index in [4.69, 9.17) is 0 Å². The minimum absolute atomic E-state index is 0.0647. The molecule has 0 saturated carbocycles. The fraction of sp³-hybridized carbons (Fsp3) is 0.562. The van der Waals surface area contributed by atoms with Gasteiger partial charge in [0.1, 0.15) is 0 Å². The Kier molecular flexibility index (Phi) is 4.59. The Labute approximate surface area is 137 Å². The molecule has 23 heavy (non-hydrogen) atoms. The van der Waals surface area contributed by atoms with Crippen LogP contribution in [-0.2, 0) is 9.84 Å². The van der Waals surface area contributed by atoms with Crippen LogP contribution in [0.2, 0.25) is 0 Å². The number of piperazine rings is 1. The van der Waals surface area contributed by atoms with Crippen LogP contribution in [0.4, 0.5) is 5.69 Å². The summed E-state index contributed by atoms with van der Waals surface area (Å²) < 4.78 is 23.0. The third-order valence-corrected chi connectivity index (χ3v) is 6.03. The molecule has 2 fully saturated rings. The van der Waals surface area contributed by atoms with Crippen molar-refractivity contribution in [1.82, 2.24) is 10.2 Å². The molecule has 126 valence electrons. The zero-order valence-electron chi connectivity index (χ0n) is 13.4. The van der Waals surface area contributed by atoms with Crippen molar-refractivity contribution in [3.63, 3.8) is 0 Å². The molecule has 7 heteroatoms. The number of aryl methyl sites for hydroxylation is 1. The van der Waals surface area contributed by atoms with Gasteiger partial charge in [0.15, 0.2) is 9.84 Å². The maximum absolute atomic E-state index is 12.7. The van der Waals surface area contributed by atoms with Crippen LogP contribution in [0.5, 0.6) is 0 Å². The van der Waals surface area contributed by atoms with E-state index in [1.807, 2.05) is 19.1 Å². The number of rotatable bonds is 2. The smallest absolute Gasteiger partial charge is 0.253 e. The first kappa shape index (κ1) is 16.3. The number of anilines is 1. The lowest BCUT2D eigenvalue weighted by Crippen LogP contribution is -2.44. The number of nitrogens with one attached hydrogen (secondary N) is 1. The van der Waals surface area contributed by atoms with Gasteiger partial charge < -0.3 is 15.1 Å². The normalized spacial score (nSPS) is 21.3. The summed E-state index contributed by atoms with van der Waals surface area (Å²) in [5.41, 5.74) is 2.77. The Balaban J connectivity index is 1.79. The van der Waals surface area contributed by atoms with Crippen molar-refractivity contribution in [3.05, 3.63) is 29.3 Å². The number of carbonyl (C=O) groups excluding carboxylic acids is 1. The summed E-state index contributed by atoms with van der Waals surface area (Å²) in [4.78, 5) is 16.6. The summed E-state index contributed by atoms with van der Waals surface area (Å²) in [6.45, 7) is 6.32. The van der Waals surface area contributed by atoms with E-state index in [-0.39, 0.29) is 30.5 Å². The Hall–Kier alpha value is -1.60. The lowest BCUT2D eigenvalue weighted by atomic mass is 10.1. The fourth-order valence-electron chi connectivity index (χ4n) is 3.09. The number of nitrogens with zero attached hydrogens (tertiary/aromatic N) is 2. The van der Waals surface area contributed by atoms with Gasteiger partial charge in [0, 0.05) is 50.5 Å². The Morgan fingerprint density at radius 2 is 1.70 bits per heavy atom. The van der Waals surface area contributed by atoms with Crippen LogP contribution in [0.15, 0.2) is 18.2 Å². The van der Waals surface area contributed by atoms with E-state index >= 15 is 0 Å². The molecule has 1 amide bonds. The van der Waals surface area contributed by atoms with Gasteiger partial charge in [-0.1, -0.05) is 0 Å². The lowest BCUT2D eigenvalue weighted by molar-refractivity contribution is 0.0770. The van der Waals surface area contributed by atoms with Gasteiger partial charge in [0.2, 0.25) is 0 Å². The van der Waals surface area contributed by atoms with Crippen LogP contribution in [0.3, 0.4) is 0 Å². The SMILES string of the molecule is Cc1cc(C(=O)N2CCS(=O)(=O)CC2)cc(N2CCNCC2)c1. The average molecular weight is 337 g/mol. The zero-order valence-corrected chi connectivity index (χ0v) is 14.2. The first-order chi connectivity index (χ1) is 10.9. The van der Waals surface area contributed by atoms with E-state index in [1.54, 1.807) is 4.90 Å². The number of carbonyl (C=O) groups is 1. The van der Waals surface area contributed by atoms with Gasteiger partial charge in [0.05, 0.1) is 11.5 Å². The molecule has 2 heterocycles. The van der Waals surface area contributed by atoms with E-state index in [0.29, 0.717) is 5.56 Å². The van der Waals surface area contributed by atoms with Crippen LogP contribution in [0, 0.1) is 6.92 Å². The summed E-state index contributed by atoms with van der Waals surface area (Å²) >= 11 is 0.